The molecule has 1 amide bonds. The van der Waals surface area contributed by atoms with Gasteiger partial charge in [-0.1, -0.05) is 18.2 Å². The number of aromatic amines is 1. The molecule has 3 heterocycles. The molecule has 2 aromatic heterocycles. The fraction of sp³-hybridized carbons (Fsp3) is 0.320. The number of rotatable bonds is 7. The lowest BCUT2D eigenvalue weighted by Crippen LogP contribution is -2.43. The Kier molecular flexibility index (Phi) is 7.01. The van der Waals surface area contributed by atoms with Crippen LogP contribution in [0.15, 0.2) is 47.5 Å². The summed E-state index contributed by atoms with van der Waals surface area (Å²) in [5.74, 6) is 0.310. The third-order valence-corrected chi connectivity index (χ3v) is 6.17. The van der Waals surface area contributed by atoms with Crippen molar-refractivity contribution >= 4 is 23.8 Å². The average Bonchev–Trinajstić information content (AvgIpc) is 2.86. The van der Waals surface area contributed by atoms with E-state index < -0.39 is 0 Å². The summed E-state index contributed by atoms with van der Waals surface area (Å²) in [7, 11) is 0. The van der Waals surface area contributed by atoms with Crippen molar-refractivity contribution in [2.75, 3.05) is 23.7 Å². The number of carbonyl (C=O) groups excluding carboxylic acids is 1. The lowest BCUT2D eigenvalue weighted by atomic mass is 10.0. The van der Waals surface area contributed by atoms with Gasteiger partial charge in [-0.2, -0.15) is 0 Å². The molecule has 176 valence electrons. The van der Waals surface area contributed by atoms with Crippen LogP contribution in [0.25, 0.3) is 0 Å². The molecule has 1 saturated heterocycles. The highest BCUT2D eigenvalue weighted by molar-refractivity contribution is 5.94. The fourth-order valence-corrected chi connectivity index (χ4v) is 4.03. The molecule has 4 rings (SSSR count). The van der Waals surface area contributed by atoms with Crippen molar-refractivity contribution < 1.29 is 4.79 Å². The minimum Gasteiger partial charge on any atom is -0.376 e. The Morgan fingerprint density at radius 1 is 1.18 bits per heavy atom. The largest absolute Gasteiger partial charge is 0.376 e. The molecule has 1 aliphatic heterocycles. The van der Waals surface area contributed by atoms with Gasteiger partial charge in [-0.05, 0) is 55.5 Å². The van der Waals surface area contributed by atoms with E-state index in [-0.39, 0.29) is 28.9 Å². The van der Waals surface area contributed by atoms with E-state index in [4.69, 9.17) is 5.41 Å². The van der Waals surface area contributed by atoms with Gasteiger partial charge in [0.15, 0.2) is 0 Å². The van der Waals surface area contributed by atoms with Crippen LogP contribution in [0, 0.1) is 19.3 Å². The van der Waals surface area contributed by atoms with Gasteiger partial charge >= 0.3 is 0 Å². The number of hydrogen-bond acceptors (Lipinski definition) is 7. The molecule has 9 nitrogen and oxygen atoms in total. The number of nitrogens with one attached hydrogen (secondary N) is 4. The minimum absolute atomic E-state index is 0.0115. The number of amides is 1. The van der Waals surface area contributed by atoms with Crippen LogP contribution in [0.1, 0.15) is 45.6 Å². The van der Waals surface area contributed by atoms with E-state index >= 15 is 0 Å². The molecule has 9 heteroatoms. The maximum absolute atomic E-state index is 12.8. The Morgan fingerprint density at radius 2 is 1.91 bits per heavy atom. The van der Waals surface area contributed by atoms with Crippen molar-refractivity contribution in [1.82, 2.24) is 19.9 Å². The van der Waals surface area contributed by atoms with Crippen LogP contribution in [0.4, 0.5) is 11.6 Å². The van der Waals surface area contributed by atoms with E-state index in [2.05, 4.69) is 51.6 Å². The number of benzene rings is 1. The van der Waals surface area contributed by atoms with Gasteiger partial charge in [0.25, 0.3) is 11.5 Å². The lowest BCUT2D eigenvalue weighted by Gasteiger charge is -2.33. The van der Waals surface area contributed by atoms with Gasteiger partial charge < -0.3 is 20.9 Å². The van der Waals surface area contributed by atoms with E-state index in [1.165, 1.54) is 11.1 Å². The average molecular weight is 460 g/mol. The van der Waals surface area contributed by atoms with Gasteiger partial charge in [0, 0.05) is 49.8 Å². The summed E-state index contributed by atoms with van der Waals surface area (Å²) in [5.41, 5.74) is 4.37. The number of hydrogen-bond donors (Lipinski definition) is 4. The highest BCUT2D eigenvalue weighted by atomic mass is 16.2. The molecule has 34 heavy (non-hydrogen) atoms. The number of carbonyl (C=O) groups is 1. The van der Waals surface area contributed by atoms with E-state index in [0.717, 1.165) is 11.8 Å². The normalized spacial score (nSPS) is 14.0. The quantitative estimate of drug-likeness (QED) is 0.402. The number of piperidine rings is 1. The number of anilines is 2. The number of H-pyrrole nitrogens is 1. The molecule has 0 spiro atoms. The first kappa shape index (κ1) is 23.2. The molecule has 0 bridgehead atoms. The summed E-state index contributed by atoms with van der Waals surface area (Å²) in [6.45, 7) is 5.81. The molecule has 3 aromatic rings. The molecule has 1 aliphatic rings. The Bertz CT molecular complexity index is 1230. The minimum atomic E-state index is -0.327. The molecular weight excluding hydrogens is 430 g/mol. The van der Waals surface area contributed by atoms with Gasteiger partial charge in [-0.15, -0.1) is 0 Å². The summed E-state index contributed by atoms with van der Waals surface area (Å²) in [6, 6.07) is 9.63. The summed E-state index contributed by atoms with van der Waals surface area (Å²) in [6.07, 6.45) is 5.70. The van der Waals surface area contributed by atoms with Gasteiger partial charge in [0.1, 0.15) is 11.4 Å². The zero-order valence-electron chi connectivity index (χ0n) is 19.4. The molecule has 0 radical (unpaired) electrons. The Labute approximate surface area is 198 Å². The second-order valence-corrected chi connectivity index (χ2v) is 8.54. The highest BCUT2D eigenvalue weighted by Crippen LogP contribution is 2.18. The summed E-state index contributed by atoms with van der Waals surface area (Å²) in [5, 5.41) is 14.2. The third-order valence-electron chi connectivity index (χ3n) is 6.17. The Balaban J connectivity index is 1.38. The second kappa shape index (κ2) is 10.3. The smallest absolute Gasteiger partial charge is 0.276 e. The van der Waals surface area contributed by atoms with E-state index in [9.17, 15) is 9.59 Å². The van der Waals surface area contributed by atoms with Crippen LogP contribution in [-0.4, -0.2) is 51.1 Å². The van der Waals surface area contributed by atoms with E-state index in [0.29, 0.717) is 44.0 Å². The number of aryl methyl sites for hydroxylation is 2. The van der Waals surface area contributed by atoms with Crippen molar-refractivity contribution in [3.63, 3.8) is 0 Å². The first-order valence-electron chi connectivity index (χ1n) is 11.3. The second-order valence-electron chi connectivity index (χ2n) is 8.54. The zero-order chi connectivity index (χ0) is 24.1. The maximum Gasteiger partial charge on any atom is 0.276 e. The molecular formula is C25H29N7O2. The summed E-state index contributed by atoms with van der Waals surface area (Å²) >= 11 is 0. The van der Waals surface area contributed by atoms with E-state index in [1.54, 1.807) is 24.5 Å². The third kappa shape index (κ3) is 5.31. The summed E-state index contributed by atoms with van der Waals surface area (Å²) in [4.78, 5) is 38.4. The zero-order valence-corrected chi connectivity index (χ0v) is 19.4. The van der Waals surface area contributed by atoms with Gasteiger partial charge in [0.05, 0.1) is 0 Å². The SMILES string of the molecule is Cc1ccc(CNc2nc(C=N)c(NC3CCN(C(=O)c4ccncc4)CC3)c(=O)[nH]2)cc1C. The Morgan fingerprint density at radius 3 is 2.59 bits per heavy atom. The lowest BCUT2D eigenvalue weighted by molar-refractivity contribution is 0.0718. The van der Waals surface area contributed by atoms with E-state index in [1.807, 2.05) is 11.0 Å². The van der Waals surface area contributed by atoms with Gasteiger partial charge in [-0.25, -0.2) is 4.98 Å². The predicted octanol–water partition coefficient (Wildman–Crippen LogP) is 3.11. The molecule has 0 unspecified atom stereocenters. The number of likely N-dealkylation sites (tertiary alicyclic amines) is 1. The predicted molar refractivity (Wildman–Crippen MR) is 133 cm³/mol. The molecule has 4 N–H and O–H groups in total. The standard InChI is InChI=1S/C25H29N7O2/c1-16-3-4-18(13-17(16)2)15-28-25-30-21(14-26)22(23(33)31-25)29-20-7-11-32(12-8-20)24(34)19-5-9-27-10-6-19/h3-6,9-10,13-14,20,26,29H,7-8,11-12,15H2,1-2H3,(H2,28,30,31,33). The first-order chi connectivity index (χ1) is 16.4. The van der Waals surface area contributed by atoms with Crippen LogP contribution >= 0.6 is 0 Å². The van der Waals surface area contributed by atoms with Gasteiger partial charge in [0.2, 0.25) is 5.95 Å². The molecule has 0 aliphatic carbocycles. The van der Waals surface area contributed by atoms with Crippen LogP contribution in [0.3, 0.4) is 0 Å². The van der Waals surface area contributed by atoms with Gasteiger partial charge in [-0.3, -0.25) is 19.6 Å². The summed E-state index contributed by atoms with van der Waals surface area (Å²) < 4.78 is 0. The van der Waals surface area contributed by atoms with Crippen LogP contribution in [0.2, 0.25) is 0 Å². The van der Waals surface area contributed by atoms with Crippen LogP contribution in [0.5, 0.6) is 0 Å². The molecule has 0 saturated carbocycles. The number of pyridine rings is 1. The molecule has 1 fully saturated rings. The first-order valence-corrected chi connectivity index (χ1v) is 11.3. The van der Waals surface area contributed by atoms with Crippen LogP contribution in [-0.2, 0) is 6.54 Å². The topological polar surface area (TPSA) is 127 Å². The molecule has 0 atom stereocenters. The van der Waals surface area contributed by atoms with Crippen molar-refractivity contribution in [2.24, 2.45) is 0 Å². The van der Waals surface area contributed by atoms with Crippen molar-refractivity contribution in [1.29, 1.82) is 5.41 Å². The van der Waals surface area contributed by atoms with Crippen LogP contribution < -0.4 is 16.2 Å². The Hall–Kier alpha value is -4.01. The van der Waals surface area contributed by atoms with Crippen molar-refractivity contribution in [3.8, 4) is 0 Å². The fourth-order valence-electron chi connectivity index (χ4n) is 4.03. The maximum atomic E-state index is 12.8. The van der Waals surface area contributed by atoms with Crippen molar-refractivity contribution in [3.05, 3.63) is 81.0 Å². The monoisotopic (exact) mass is 459 g/mol. The van der Waals surface area contributed by atoms with Crippen molar-refractivity contribution in [2.45, 2.75) is 39.3 Å². The highest BCUT2D eigenvalue weighted by Gasteiger charge is 2.25. The number of aromatic nitrogens is 3. The number of nitrogens with zero attached hydrogens (tertiary/aromatic N) is 3. The molecule has 1 aromatic carbocycles.